The third kappa shape index (κ3) is 4.50. The standard InChI is InChI=1S/C24H24ClFN2O3/c1-15-13-27(14-16(2)31-15)22-21(18-5-7-19(25)8-6-18)23(29)28(24(22)30)12-11-17-3-9-20(26)10-4-17/h3-10,15-16H,11-14H2,1-2H3. The van der Waals surface area contributed by atoms with Crippen LogP contribution in [0.3, 0.4) is 0 Å². The highest BCUT2D eigenvalue weighted by atomic mass is 35.5. The number of rotatable bonds is 5. The highest BCUT2D eigenvalue weighted by Gasteiger charge is 2.42. The Labute approximate surface area is 186 Å². The molecule has 0 saturated carbocycles. The van der Waals surface area contributed by atoms with Crippen molar-refractivity contribution in [3.63, 3.8) is 0 Å². The molecule has 4 rings (SSSR count). The lowest BCUT2D eigenvalue weighted by Crippen LogP contribution is -2.47. The maximum atomic E-state index is 13.4. The summed E-state index contributed by atoms with van der Waals surface area (Å²) in [5.41, 5.74) is 2.32. The molecule has 0 aliphatic carbocycles. The molecule has 2 aromatic rings. The van der Waals surface area contributed by atoms with Gasteiger partial charge in [0.1, 0.15) is 11.5 Å². The van der Waals surface area contributed by atoms with E-state index in [9.17, 15) is 14.0 Å². The highest BCUT2D eigenvalue weighted by molar-refractivity contribution is 6.36. The van der Waals surface area contributed by atoms with Crippen molar-refractivity contribution in [1.29, 1.82) is 0 Å². The first-order valence-electron chi connectivity index (χ1n) is 10.3. The molecule has 2 aliphatic heterocycles. The average molecular weight is 443 g/mol. The predicted octanol–water partition coefficient (Wildman–Crippen LogP) is 3.91. The molecule has 0 bridgehead atoms. The fourth-order valence-electron chi connectivity index (χ4n) is 4.19. The van der Waals surface area contributed by atoms with Gasteiger partial charge in [0.2, 0.25) is 0 Å². The van der Waals surface area contributed by atoms with E-state index in [0.29, 0.717) is 41.4 Å². The summed E-state index contributed by atoms with van der Waals surface area (Å²) >= 11 is 6.03. The molecule has 2 amide bonds. The van der Waals surface area contributed by atoms with Gasteiger partial charge in [0, 0.05) is 24.7 Å². The number of hydrogen-bond donors (Lipinski definition) is 0. The number of carbonyl (C=O) groups excluding carboxylic acids is 2. The molecule has 0 spiro atoms. The van der Waals surface area contributed by atoms with Gasteiger partial charge >= 0.3 is 0 Å². The van der Waals surface area contributed by atoms with Gasteiger partial charge in [-0.1, -0.05) is 35.9 Å². The van der Waals surface area contributed by atoms with E-state index in [1.54, 1.807) is 36.4 Å². The van der Waals surface area contributed by atoms with Crippen LogP contribution in [-0.4, -0.2) is 53.5 Å². The molecule has 0 aromatic heterocycles. The van der Waals surface area contributed by atoms with Gasteiger partial charge in [-0.3, -0.25) is 14.5 Å². The molecule has 31 heavy (non-hydrogen) atoms. The zero-order chi connectivity index (χ0) is 22.1. The van der Waals surface area contributed by atoms with E-state index < -0.39 is 0 Å². The van der Waals surface area contributed by atoms with Gasteiger partial charge < -0.3 is 9.64 Å². The summed E-state index contributed by atoms with van der Waals surface area (Å²) in [6, 6.07) is 13.0. The second-order valence-electron chi connectivity index (χ2n) is 8.03. The molecule has 7 heteroatoms. The Hall–Kier alpha value is -2.70. The van der Waals surface area contributed by atoms with E-state index in [1.807, 2.05) is 18.7 Å². The summed E-state index contributed by atoms with van der Waals surface area (Å²) in [7, 11) is 0. The van der Waals surface area contributed by atoms with E-state index >= 15 is 0 Å². The fraction of sp³-hybridized carbons (Fsp3) is 0.333. The molecular weight excluding hydrogens is 419 g/mol. The SMILES string of the molecule is CC1CN(C2=C(c3ccc(Cl)cc3)C(=O)N(CCc3ccc(F)cc3)C2=O)CC(C)O1. The highest BCUT2D eigenvalue weighted by Crippen LogP contribution is 2.33. The minimum Gasteiger partial charge on any atom is -0.372 e. The first-order chi connectivity index (χ1) is 14.8. The van der Waals surface area contributed by atoms with Crippen LogP contribution in [0.1, 0.15) is 25.0 Å². The maximum Gasteiger partial charge on any atom is 0.277 e. The van der Waals surface area contributed by atoms with Gasteiger partial charge in [0.15, 0.2) is 0 Å². The molecule has 5 nitrogen and oxygen atoms in total. The summed E-state index contributed by atoms with van der Waals surface area (Å²) in [5.74, 6) is -0.948. The van der Waals surface area contributed by atoms with Crippen LogP contribution < -0.4 is 0 Å². The third-order valence-corrected chi connectivity index (χ3v) is 5.80. The molecule has 2 unspecified atom stereocenters. The smallest absolute Gasteiger partial charge is 0.277 e. The van der Waals surface area contributed by atoms with Crippen LogP contribution in [0.5, 0.6) is 0 Å². The second-order valence-corrected chi connectivity index (χ2v) is 8.47. The van der Waals surface area contributed by atoms with E-state index in [-0.39, 0.29) is 36.4 Å². The number of benzene rings is 2. The van der Waals surface area contributed by atoms with Crippen LogP contribution in [0.25, 0.3) is 5.57 Å². The summed E-state index contributed by atoms with van der Waals surface area (Å²) in [5, 5.41) is 0.560. The van der Waals surface area contributed by atoms with Crippen LogP contribution in [0.4, 0.5) is 4.39 Å². The Kier molecular flexibility index (Phi) is 6.12. The Bertz CT molecular complexity index is 1010. The predicted molar refractivity (Wildman–Crippen MR) is 117 cm³/mol. The molecule has 2 heterocycles. The lowest BCUT2D eigenvalue weighted by Gasteiger charge is -2.37. The van der Waals surface area contributed by atoms with Gasteiger partial charge in [-0.2, -0.15) is 0 Å². The Morgan fingerprint density at radius 2 is 1.58 bits per heavy atom. The zero-order valence-corrected chi connectivity index (χ0v) is 18.2. The van der Waals surface area contributed by atoms with Crippen LogP contribution in [0.15, 0.2) is 54.2 Å². The van der Waals surface area contributed by atoms with E-state index in [2.05, 4.69) is 0 Å². The lowest BCUT2D eigenvalue weighted by molar-refractivity contribution is -0.138. The number of nitrogens with zero attached hydrogens (tertiary/aromatic N) is 2. The number of ether oxygens (including phenoxy) is 1. The van der Waals surface area contributed by atoms with Crippen molar-refractivity contribution < 1.29 is 18.7 Å². The lowest BCUT2D eigenvalue weighted by atomic mass is 10.0. The normalized spacial score (nSPS) is 21.9. The van der Waals surface area contributed by atoms with Crippen LogP contribution in [0, 0.1) is 5.82 Å². The van der Waals surface area contributed by atoms with Crippen LogP contribution >= 0.6 is 11.6 Å². The topological polar surface area (TPSA) is 49.9 Å². The molecule has 1 fully saturated rings. The van der Waals surface area contributed by atoms with Gasteiger partial charge in [-0.05, 0) is 55.7 Å². The zero-order valence-electron chi connectivity index (χ0n) is 17.5. The summed E-state index contributed by atoms with van der Waals surface area (Å²) in [6.07, 6.45) is 0.340. The number of halogens is 2. The van der Waals surface area contributed by atoms with Crippen molar-refractivity contribution >= 4 is 29.0 Å². The Morgan fingerprint density at radius 1 is 0.968 bits per heavy atom. The molecule has 0 radical (unpaired) electrons. The number of carbonyl (C=O) groups is 2. The van der Waals surface area contributed by atoms with Crippen LogP contribution in [-0.2, 0) is 20.7 Å². The minimum atomic E-state index is -0.323. The Morgan fingerprint density at radius 3 is 2.19 bits per heavy atom. The second kappa shape index (κ2) is 8.81. The molecule has 162 valence electrons. The average Bonchev–Trinajstić information content (AvgIpc) is 2.97. The van der Waals surface area contributed by atoms with E-state index in [0.717, 1.165) is 5.56 Å². The Balaban J connectivity index is 1.66. The minimum absolute atomic E-state index is 0.0566. The van der Waals surface area contributed by atoms with Gasteiger partial charge in [0.25, 0.3) is 11.8 Å². The van der Waals surface area contributed by atoms with Crippen molar-refractivity contribution in [3.05, 3.63) is 76.2 Å². The van der Waals surface area contributed by atoms with E-state index in [4.69, 9.17) is 16.3 Å². The number of imide groups is 1. The summed E-state index contributed by atoms with van der Waals surface area (Å²) in [6.45, 7) is 5.19. The maximum absolute atomic E-state index is 13.4. The molecule has 1 saturated heterocycles. The first-order valence-corrected chi connectivity index (χ1v) is 10.7. The van der Waals surface area contributed by atoms with Gasteiger partial charge in [-0.15, -0.1) is 0 Å². The molecule has 2 aromatic carbocycles. The third-order valence-electron chi connectivity index (χ3n) is 5.55. The molecule has 2 aliphatic rings. The van der Waals surface area contributed by atoms with Crippen molar-refractivity contribution in [2.24, 2.45) is 0 Å². The number of amides is 2. The number of morpholine rings is 1. The van der Waals surface area contributed by atoms with E-state index in [1.165, 1.54) is 17.0 Å². The molecule has 0 N–H and O–H groups in total. The van der Waals surface area contributed by atoms with Crippen molar-refractivity contribution in [2.75, 3.05) is 19.6 Å². The molecule has 2 atom stereocenters. The van der Waals surface area contributed by atoms with Gasteiger partial charge in [0.05, 0.1) is 17.8 Å². The summed E-state index contributed by atoms with van der Waals surface area (Å²) < 4.78 is 19.0. The quantitative estimate of drug-likeness (QED) is 0.659. The summed E-state index contributed by atoms with van der Waals surface area (Å²) in [4.78, 5) is 30.1. The van der Waals surface area contributed by atoms with Crippen molar-refractivity contribution in [1.82, 2.24) is 9.80 Å². The fourth-order valence-corrected chi connectivity index (χ4v) is 4.31. The van der Waals surface area contributed by atoms with Crippen molar-refractivity contribution in [2.45, 2.75) is 32.5 Å². The first kappa shape index (κ1) is 21.5. The van der Waals surface area contributed by atoms with Crippen molar-refractivity contribution in [3.8, 4) is 0 Å². The van der Waals surface area contributed by atoms with Gasteiger partial charge in [-0.25, -0.2) is 4.39 Å². The van der Waals surface area contributed by atoms with Crippen LogP contribution in [0.2, 0.25) is 5.02 Å². The monoisotopic (exact) mass is 442 g/mol. The largest absolute Gasteiger partial charge is 0.372 e. The molecular formula is C24H24ClFN2O3. The number of hydrogen-bond acceptors (Lipinski definition) is 4.